The van der Waals surface area contributed by atoms with Gasteiger partial charge in [0.05, 0.1) is 30.1 Å². The third kappa shape index (κ3) is 4.79. The molecule has 3 saturated heterocycles. The van der Waals surface area contributed by atoms with Gasteiger partial charge in [-0.25, -0.2) is 0 Å². The van der Waals surface area contributed by atoms with E-state index in [-0.39, 0.29) is 30.2 Å². The van der Waals surface area contributed by atoms with Crippen molar-refractivity contribution in [1.82, 2.24) is 14.7 Å². The van der Waals surface area contributed by atoms with E-state index in [9.17, 15) is 19.5 Å². The van der Waals surface area contributed by atoms with Crippen molar-refractivity contribution in [1.29, 1.82) is 0 Å². The molecule has 1 spiro atoms. The minimum absolute atomic E-state index is 0.0527. The number of hydrogen-bond donors (Lipinski definition) is 1. The first-order valence-electron chi connectivity index (χ1n) is 14.5. The summed E-state index contributed by atoms with van der Waals surface area (Å²) in [6, 6.07) is 8.05. The largest absolute Gasteiger partial charge is 0.394 e. The van der Waals surface area contributed by atoms with Crippen LogP contribution < -0.4 is 0 Å². The highest BCUT2D eigenvalue weighted by molar-refractivity contribution is 5.99. The molecule has 2 bridgehead atoms. The lowest BCUT2D eigenvalue weighted by Crippen LogP contribution is -2.59. The van der Waals surface area contributed by atoms with Crippen LogP contribution >= 0.6 is 0 Å². The fourth-order valence-corrected chi connectivity index (χ4v) is 7.35. The molecule has 1 aromatic rings. The van der Waals surface area contributed by atoms with Crippen molar-refractivity contribution >= 4 is 17.7 Å². The second-order valence-corrected chi connectivity index (χ2v) is 11.9. The zero-order valence-corrected chi connectivity index (χ0v) is 24.4. The summed E-state index contributed by atoms with van der Waals surface area (Å²) in [4.78, 5) is 47.9. The number of likely N-dealkylation sites (N-methyl/N-ethyl adjacent to an activating group) is 1. The first-order valence-corrected chi connectivity index (χ1v) is 14.5. The second kappa shape index (κ2) is 11.9. The average molecular weight is 552 g/mol. The van der Waals surface area contributed by atoms with E-state index in [2.05, 4.69) is 20.1 Å². The van der Waals surface area contributed by atoms with E-state index in [4.69, 9.17) is 4.74 Å². The molecular formula is C32H45N3O5. The number of ether oxygens (including phenoxy) is 1. The molecule has 0 radical (unpaired) electrons. The summed E-state index contributed by atoms with van der Waals surface area (Å²) in [6.45, 7) is 14.6. The molecule has 7 atom stereocenters. The lowest BCUT2D eigenvalue weighted by Gasteiger charge is -2.39. The van der Waals surface area contributed by atoms with Crippen molar-refractivity contribution < 1.29 is 24.2 Å². The van der Waals surface area contributed by atoms with Crippen molar-refractivity contribution in [2.75, 3.05) is 33.3 Å². The zero-order chi connectivity index (χ0) is 29.2. The number of nitrogens with zero attached hydrogens (tertiary/aromatic N) is 3. The molecule has 3 aliphatic heterocycles. The SMILES string of the molecule is C=CCN(C)C(=O)[C@@H]1[C@H]2C(=O)N([C@@H](CO)Cc3ccccc3)C(C(=O)N(CC=C)CCCC)C23CC(C)[C@@]1(C)O3. The molecule has 3 fully saturated rings. The summed E-state index contributed by atoms with van der Waals surface area (Å²) in [5.41, 5.74) is -1.10. The van der Waals surface area contributed by atoms with E-state index in [0.717, 1.165) is 18.4 Å². The third-order valence-corrected chi connectivity index (χ3v) is 9.39. The number of aliphatic hydroxyl groups excluding tert-OH is 1. The Labute approximate surface area is 238 Å². The van der Waals surface area contributed by atoms with Crippen molar-refractivity contribution in [3.63, 3.8) is 0 Å². The molecule has 40 heavy (non-hydrogen) atoms. The van der Waals surface area contributed by atoms with E-state index < -0.39 is 35.1 Å². The molecule has 218 valence electrons. The topological polar surface area (TPSA) is 90.4 Å². The Morgan fingerprint density at radius 3 is 2.48 bits per heavy atom. The standard InChI is InChI=1S/C32H45N3O5/c1-7-10-18-34(17-9-3)30(39)27-32-20-22(4)31(5,40-32)25(28(37)33(6)16-8-2)26(32)29(38)35(27)24(21-36)19-23-14-12-11-13-15-23/h8-9,11-15,22,24-27,36H,2-3,7,10,16-21H2,1,4-6H3/t22?,24-,25+,26+,27?,31-,32?/m1/s1. The number of hydrogen-bond acceptors (Lipinski definition) is 5. The zero-order valence-electron chi connectivity index (χ0n) is 24.4. The van der Waals surface area contributed by atoms with Crippen molar-refractivity contribution in [2.45, 2.75) is 69.7 Å². The maximum absolute atomic E-state index is 14.6. The van der Waals surface area contributed by atoms with Crippen molar-refractivity contribution in [2.24, 2.45) is 17.8 Å². The summed E-state index contributed by atoms with van der Waals surface area (Å²) < 4.78 is 6.87. The minimum atomic E-state index is -1.16. The number of benzene rings is 1. The van der Waals surface area contributed by atoms with Gasteiger partial charge in [-0.05, 0) is 37.7 Å². The minimum Gasteiger partial charge on any atom is -0.394 e. The molecule has 8 nitrogen and oxygen atoms in total. The number of unbranched alkanes of at least 4 members (excludes halogenated alkanes) is 1. The summed E-state index contributed by atoms with van der Waals surface area (Å²) in [6.07, 6.45) is 5.95. The van der Waals surface area contributed by atoms with Gasteiger partial charge in [0.25, 0.3) is 0 Å². The van der Waals surface area contributed by atoms with Gasteiger partial charge >= 0.3 is 0 Å². The predicted molar refractivity (Wildman–Crippen MR) is 154 cm³/mol. The van der Waals surface area contributed by atoms with Gasteiger partial charge in [-0.15, -0.1) is 13.2 Å². The Hall–Kier alpha value is -2.97. The van der Waals surface area contributed by atoms with E-state index in [1.165, 1.54) is 0 Å². The highest BCUT2D eigenvalue weighted by Crippen LogP contribution is 2.65. The summed E-state index contributed by atoms with van der Waals surface area (Å²) in [5.74, 6) is -2.29. The van der Waals surface area contributed by atoms with Gasteiger partial charge < -0.3 is 24.5 Å². The molecule has 3 amide bonds. The highest BCUT2D eigenvalue weighted by Gasteiger charge is 2.80. The van der Waals surface area contributed by atoms with E-state index in [1.807, 2.05) is 44.2 Å². The monoisotopic (exact) mass is 551 g/mol. The molecule has 3 aliphatic rings. The number of carbonyl (C=O) groups is 3. The number of amides is 3. The van der Waals surface area contributed by atoms with Crippen LogP contribution in [0.5, 0.6) is 0 Å². The maximum atomic E-state index is 14.6. The quantitative estimate of drug-likeness (QED) is 0.381. The normalized spacial score (nSPS) is 31.1. The Morgan fingerprint density at radius 1 is 1.20 bits per heavy atom. The first-order chi connectivity index (χ1) is 19.1. The van der Waals surface area contributed by atoms with Crippen LogP contribution in [-0.4, -0.2) is 94.1 Å². The van der Waals surface area contributed by atoms with Crippen LogP contribution in [0.3, 0.4) is 0 Å². The Balaban J connectivity index is 1.84. The van der Waals surface area contributed by atoms with Crippen molar-refractivity contribution in [3.8, 4) is 0 Å². The van der Waals surface area contributed by atoms with Crippen LogP contribution in [0.15, 0.2) is 55.6 Å². The van der Waals surface area contributed by atoms with Crippen LogP contribution in [0.1, 0.15) is 45.6 Å². The molecule has 0 saturated carbocycles. The molecule has 1 N–H and O–H groups in total. The van der Waals surface area contributed by atoms with Crippen LogP contribution in [0.2, 0.25) is 0 Å². The molecule has 4 rings (SSSR count). The average Bonchev–Trinajstić information content (AvgIpc) is 3.46. The molecule has 3 heterocycles. The van der Waals surface area contributed by atoms with Crippen LogP contribution in [0, 0.1) is 17.8 Å². The summed E-state index contributed by atoms with van der Waals surface area (Å²) in [5, 5.41) is 10.7. The lowest BCUT2D eigenvalue weighted by atomic mass is 9.62. The van der Waals surface area contributed by atoms with Gasteiger partial charge in [0.15, 0.2) is 0 Å². The van der Waals surface area contributed by atoms with E-state index in [1.54, 1.807) is 33.9 Å². The van der Waals surface area contributed by atoms with Gasteiger partial charge in [0.1, 0.15) is 11.6 Å². The van der Waals surface area contributed by atoms with Crippen LogP contribution in [0.25, 0.3) is 0 Å². The lowest BCUT2D eigenvalue weighted by molar-refractivity contribution is -0.157. The Kier molecular flexibility index (Phi) is 8.90. The Morgan fingerprint density at radius 2 is 1.88 bits per heavy atom. The van der Waals surface area contributed by atoms with Gasteiger partial charge in [-0.2, -0.15) is 0 Å². The number of rotatable bonds is 13. The van der Waals surface area contributed by atoms with Gasteiger partial charge in [0.2, 0.25) is 17.7 Å². The number of likely N-dealkylation sites (tertiary alicyclic amines) is 1. The summed E-state index contributed by atoms with van der Waals surface area (Å²) in [7, 11) is 1.71. The van der Waals surface area contributed by atoms with Crippen molar-refractivity contribution in [3.05, 3.63) is 61.2 Å². The molecule has 8 heteroatoms. The summed E-state index contributed by atoms with van der Waals surface area (Å²) >= 11 is 0. The third-order valence-electron chi connectivity index (χ3n) is 9.39. The van der Waals surface area contributed by atoms with Gasteiger partial charge in [-0.1, -0.05) is 62.8 Å². The van der Waals surface area contributed by atoms with E-state index in [0.29, 0.717) is 32.5 Å². The molecule has 3 unspecified atom stereocenters. The van der Waals surface area contributed by atoms with Gasteiger partial charge in [0, 0.05) is 26.7 Å². The maximum Gasteiger partial charge on any atom is 0.248 e. The second-order valence-electron chi connectivity index (χ2n) is 11.9. The number of aliphatic hydroxyl groups is 1. The molecule has 1 aromatic carbocycles. The Bertz CT molecular complexity index is 1120. The van der Waals surface area contributed by atoms with Gasteiger partial charge in [-0.3, -0.25) is 14.4 Å². The fraction of sp³-hybridized carbons (Fsp3) is 0.594. The fourth-order valence-electron chi connectivity index (χ4n) is 7.35. The first kappa shape index (κ1) is 30.0. The van der Waals surface area contributed by atoms with E-state index >= 15 is 0 Å². The number of fused-ring (bicyclic) bond motifs is 1. The van der Waals surface area contributed by atoms with Crippen LogP contribution in [0.4, 0.5) is 0 Å². The molecular weight excluding hydrogens is 506 g/mol. The molecule has 0 aromatic heterocycles. The molecule has 0 aliphatic carbocycles. The highest BCUT2D eigenvalue weighted by atomic mass is 16.5. The smallest absolute Gasteiger partial charge is 0.248 e. The number of carbonyl (C=O) groups excluding carboxylic acids is 3. The van der Waals surface area contributed by atoms with Crippen LogP contribution in [-0.2, 0) is 25.5 Å². The predicted octanol–water partition coefficient (Wildman–Crippen LogP) is 3.06.